The largest absolute Gasteiger partial charge is 2.00 e. The Labute approximate surface area is 227 Å². The van der Waals surface area contributed by atoms with Gasteiger partial charge in [0.2, 0.25) is 0 Å². The second-order valence-corrected chi connectivity index (χ2v) is 10.3. The summed E-state index contributed by atoms with van der Waals surface area (Å²) in [7, 11) is 2.87. The molecule has 0 N–H and O–H groups in total. The van der Waals surface area contributed by atoms with E-state index in [9.17, 15) is 0 Å². The molecule has 1 aromatic carbocycles. The average Bonchev–Trinajstić information content (AvgIpc) is 3.60. The third-order valence-electron chi connectivity index (χ3n) is 5.89. The first kappa shape index (κ1) is 24.1. The van der Waals surface area contributed by atoms with Crippen LogP contribution in [0.4, 0.5) is 0 Å². The molecule has 35 heavy (non-hydrogen) atoms. The van der Waals surface area contributed by atoms with E-state index in [0.717, 1.165) is 66.0 Å². The van der Waals surface area contributed by atoms with Crippen LogP contribution in [0.25, 0.3) is 57.5 Å². The molecule has 0 saturated heterocycles. The second-order valence-electron chi connectivity index (χ2n) is 8.39. The summed E-state index contributed by atoms with van der Waals surface area (Å²) in [6.45, 7) is 2.14. The Morgan fingerprint density at radius 3 is 1.97 bits per heavy atom. The first-order valence-electron chi connectivity index (χ1n) is 11.0. The summed E-state index contributed by atoms with van der Waals surface area (Å²) in [5, 5.41) is 0. The van der Waals surface area contributed by atoms with Crippen LogP contribution in [0.3, 0.4) is 0 Å². The summed E-state index contributed by atoms with van der Waals surface area (Å²) in [4.78, 5) is 19.6. The van der Waals surface area contributed by atoms with E-state index in [1.807, 2.05) is 48.6 Å². The Hall–Kier alpha value is -2.65. The molecular weight excluding hydrogens is 569 g/mol. The number of hydrogen-bond acceptors (Lipinski definition) is 2. The van der Waals surface area contributed by atoms with Gasteiger partial charge in [0.1, 0.15) is 0 Å². The summed E-state index contributed by atoms with van der Waals surface area (Å²) >= 11 is 3.54. The quantitative estimate of drug-likeness (QED) is 0.158. The van der Waals surface area contributed by atoms with Crippen LogP contribution in [0.1, 0.15) is 40.9 Å². The van der Waals surface area contributed by atoms with E-state index < -0.39 is 0 Å². The van der Waals surface area contributed by atoms with Gasteiger partial charge in [0.15, 0.2) is 0 Å². The first-order chi connectivity index (χ1) is 16.5. The fraction of sp³-hybridized carbons (Fsp3) is 0.0714. The molecule has 5 heterocycles. The predicted octanol–water partition coefficient (Wildman–Crippen LogP) is 7.28. The standard InChI is InChI=1S/C28H20BrN4P.Zn/c1-16(34)27-23-10-6-19(30-23)14-21-8-12-25(32-21)28(17-2-4-18(29)5-3-17)26-13-9-22(33-26)15-20-7-11-24(27)31-20;/h2-16H,34H2,1H3;/q-2;+2. The Bertz CT molecular complexity index is 1650. The number of rotatable bonds is 2. The van der Waals surface area contributed by atoms with Crippen LogP contribution in [0.5, 0.6) is 0 Å². The Morgan fingerprint density at radius 2 is 1.31 bits per heavy atom. The molecule has 4 nitrogen and oxygen atoms in total. The molecule has 2 atom stereocenters. The summed E-state index contributed by atoms with van der Waals surface area (Å²) in [6, 6.07) is 20.5. The number of nitrogens with zero attached hydrogens (tertiary/aromatic N) is 4. The van der Waals surface area contributed by atoms with Crippen molar-refractivity contribution in [2.75, 3.05) is 0 Å². The van der Waals surface area contributed by atoms with Crippen molar-refractivity contribution in [3.8, 4) is 11.1 Å². The van der Waals surface area contributed by atoms with Crippen LogP contribution in [0, 0.1) is 0 Å². The summed E-state index contributed by atoms with van der Waals surface area (Å²) in [5.74, 6) is 0. The van der Waals surface area contributed by atoms with Gasteiger partial charge in [0, 0.05) is 4.47 Å². The molecule has 7 heteroatoms. The molecule has 2 aliphatic heterocycles. The Kier molecular flexibility index (Phi) is 6.72. The van der Waals surface area contributed by atoms with Gasteiger partial charge in [0.25, 0.3) is 0 Å². The average molecular weight is 589 g/mol. The van der Waals surface area contributed by atoms with E-state index in [-0.39, 0.29) is 25.1 Å². The number of fused-ring (bicyclic) bond motifs is 8. The summed E-state index contributed by atoms with van der Waals surface area (Å²) < 4.78 is 1.03. The minimum Gasteiger partial charge on any atom is -0.657 e. The predicted molar refractivity (Wildman–Crippen MR) is 148 cm³/mol. The van der Waals surface area contributed by atoms with Gasteiger partial charge in [-0.3, -0.25) is 0 Å². The normalized spacial score (nSPS) is 13.0. The second kappa shape index (κ2) is 9.78. The SMILES string of the molecule is CC(P)c1c2nc(cc3ccc([n-]3)c(-c3ccc(Br)cc3)c3nc(cc4ccc1[n-]4)C=C3)C=C2.[Zn+2]. The molecule has 0 spiro atoms. The third-order valence-corrected chi connectivity index (χ3v) is 6.75. The topological polar surface area (TPSA) is 54.0 Å². The summed E-state index contributed by atoms with van der Waals surface area (Å²) in [6.07, 6.45) is 8.18. The Balaban J connectivity index is 0.00000253. The van der Waals surface area contributed by atoms with Gasteiger partial charge in [-0.25, -0.2) is 9.97 Å². The van der Waals surface area contributed by atoms with Crippen LogP contribution in [-0.4, -0.2) is 9.97 Å². The maximum atomic E-state index is 4.94. The smallest absolute Gasteiger partial charge is 0.657 e. The van der Waals surface area contributed by atoms with Crippen molar-refractivity contribution >= 4 is 71.5 Å². The number of benzene rings is 1. The van der Waals surface area contributed by atoms with Gasteiger partial charge in [-0.15, -0.1) is 31.3 Å². The molecule has 0 fully saturated rings. The van der Waals surface area contributed by atoms with Crippen molar-refractivity contribution in [1.29, 1.82) is 0 Å². The molecule has 2 unspecified atom stereocenters. The van der Waals surface area contributed by atoms with Gasteiger partial charge in [-0.2, -0.15) is 0 Å². The number of aromatic nitrogens is 4. The van der Waals surface area contributed by atoms with Crippen LogP contribution in [-0.2, 0) is 19.5 Å². The van der Waals surface area contributed by atoms with Gasteiger partial charge >= 0.3 is 19.5 Å². The summed E-state index contributed by atoms with van der Waals surface area (Å²) in [5.41, 5.74) is 10.5. The van der Waals surface area contributed by atoms with Gasteiger partial charge in [-0.1, -0.05) is 71.4 Å². The van der Waals surface area contributed by atoms with Crippen molar-refractivity contribution < 1.29 is 19.5 Å². The van der Waals surface area contributed by atoms with E-state index in [0.29, 0.717) is 0 Å². The van der Waals surface area contributed by atoms with E-state index in [1.165, 1.54) is 0 Å². The molecule has 0 amide bonds. The van der Waals surface area contributed by atoms with Crippen LogP contribution >= 0.6 is 25.2 Å². The molecule has 0 radical (unpaired) electrons. The van der Waals surface area contributed by atoms with Crippen molar-refractivity contribution in [1.82, 2.24) is 19.9 Å². The van der Waals surface area contributed by atoms with Gasteiger partial charge in [-0.05, 0) is 58.8 Å². The zero-order valence-electron chi connectivity index (χ0n) is 19.1. The first-order valence-corrected chi connectivity index (χ1v) is 12.5. The molecule has 3 aromatic heterocycles. The maximum Gasteiger partial charge on any atom is 2.00 e. The molecule has 166 valence electrons. The molecule has 0 aliphatic carbocycles. The molecule has 2 aliphatic rings. The van der Waals surface area contributed by atoms with E-state index in [4.69, 9.17) is 19.9 Å². The fourth-order valence-electron chi connectivity index (χ4n) is 4.36. The molecule has 4 aromatic rings. The minimum absolute atomic E-state index is 0. The molecular formula is C28H20BrN4PZn. The van der Waals surface area contributed by atoms with Crippen LogP contribution in [0.2, 0.25) is 0 Å². The van der Waals surface area contributed by atoms with Crippen molar-refractivity contribution in [2.45, 2.75) is 12.6 Å². The molecule has 0 saturated carbocycles. The Morgan fingerprint density at radius 1 is 0.743 bits per heavy atom. The molecule has 6 rings (SSSR count). The van der Waals surface area contributed by atoms with Crippen molar-refractivity contribution in [2.24, 2.45) is 0 Å². The number of halogens is 1. The minimum atomic E-state index is 0. The van der Waals surface area contributed by atoms with E-state index >= 15 is 0 Å². The van der Waals surface area contributed by atoms with Crippen LogP contribution in [0.15, 0.2) is 65.1 Å². The monoisotopic (exact) mass is 586 g/mol. The zero-order chi connectivity index (χ0) is 23.2. The van der Waals surface area contributed by atoms with E-state index in [2.05, 4.69) is 68.5 Å². The zero-order valence-corrected chi connectivity index (χ0v) is 24.8. The van der Waals surface area contributed by atoms with Gasteiger partial charge < -0.3 is 9.97 Å². The molecule has 8 bridgehead atoms. The number of hydrogen-bond donors (Lipinski definition) is 0. The van der Waals surface area contributed by atoms with Crippen molar-refractivity contribution in [3.05, 3.63) is 93.5 Å². The van der Waals surface area contributed by atoms with Crippen LogP contribution < -0.4 is 9.97 Å². The maximum absolute atomic E-state index is 4.94. The third kappa shape index (κ3) is 4.76. The fourth-order valence-corrected chi connectivity index (χ4v) is 4.96. The van der Waals surface area contributed by atoms with Gasteiger partial charge in [0.05, 0.1) is 22.8 Å². The van der Waals surface area contributed by atoms with Crippen molar-refractivity contribution in [3.63, 3.8) is 0 Å². The van der Waals surface area contributed by atoms with E-state index in [1.54, 1.807) is 0 Å².